The summed E-state index contributed by atoms with van der Waals surface area (Å²) in [5.41, 5.74) is 2.84. The Labute approximate surface area is 148 Å². The molecule has 4 rings (SSSR count). The Kier molecular flexibility index (Phi) is 3.88. The molecule has 6 heteroatoms. The summed E-state index contributed by atoms with van der Waals surface area (Å²) in [6.07, 6.45) is 8.01. The second-order valence-electron chi connectivity index (χ2n) is 6.19. The van der Waals surface area contributed by atoms with Gasteiger partial charge in [0.05, 0.1) is 16.3 Å². The molecule has 0 bridgehead atoms. The van der Waals surface area contributed by atoms with E-state index in [1.807, 2.05) is 6.08 Å². The van der Waals surface area contributed by atoms with E-state index in [4.69, 9.17) is 11.6 Å². The van der Waals surface area contributed by atoms with Gasteiger partial charge in [0, 0.05) is 17.2 Å². The van der Waals surface area contributed by atoms with Crippen molar-refractivity contribution in [1.82, 2.24) is 5.32 Å². The molecule has 0 fully saturated rings. The van der Waals surface area contributed by atoms with E-state index in [-0.39, 0.29) is 22.4 Å². The zero-order valence-corrected chi connectivity index (χ0v) is 13.9. The minimum Gasteiger partial charge on any atom is -0.325 e. The lowest BCUT2D eigenvalue weighted by Gasteiger charge is -2.28. The molecular formula is C19H14ClFN2O2. The zero-order valence-electron chi connectivity index (χ0n) is 13.2. The normalized spacial score (nSPS) is 23.3. The summed E-state index contributed by atoms with van der Waals surface area (Å²) in [6.45, 7) is 0. The summed E-state index contributed by atoms with van der Waals surface area (Å²) in [4.78, 5) is 28.4. The molecule has 1 aromatic rings. The molecule has 0 saturated heterocycles. The summed E-state index contributed by atoms with van der Waals surface area (Å²) < 4.78 is 13.9. The van der Waals surface area contributed by atoms with Crippen LogP contribution in [0.2, 0.25) is 5.02 Å². The molecule has 1 unspecified atom stereocenters. The van der Waals surface area contributed by atoms with Gasteiger partial charge in [0.15, 0.2) is 0 Å². The summed E-state index contributed by atoms with van der Waals surface area (Å²) in [5.74, 6) is -1.51. The van der Waals surface area contributed by atoms with Crippen LogP contribution in [0, 0.1) is 11.7 Å². The molecule has 0 saturated carbocycles. The number of fused-ring (bicyclic) bond motifs is 2. The topological polar surface area (TPSA) is 58.5 Å². The third-order valence-corrected chi connectivity index (χ3v) is 4.99. The number of nitrogens with zero attached hydrogens (tertiary/aromatic N) is 1. The number of hydrogen-bond donors (Lipinski definition) is 1. The van der Waals surface area contributed by atoms with Crippen LogP contribution >= 0.6 is 11.6 Å². The average Bonchev–Trinajstić information content (AvgIpc) is 3.05. The van der Waals surface area contributed by atoms with Crippen molar-refractivity contribution in [2.45, 2.75) is 19.3 Å². The molecule has 2 aliphatic carbocycles. The van der Waals surface area contributed by atoms with E-state index in [0.717, 1.165) is 30.4 Å². The predicted octanol–water partition coefficient (Wildman–Crippen LogP) is 3.74. The van der Waals surface area contributed by atoms with Crippen molar-refractivity contribution in [3.05, 3.63) is 69.7 Å². The Morgan fingerprint density at radius 3 is 2.96 bits per heavy atom. The van der Waals surface area contributed by atoms with Crippen LogP contribution in [0.4, 0.5) is 4.39 Å². The fraction of sp³-hybridized carbons (Fsp3) is 0.211. The van der Waals surface area contributed by atoms with Gasteiger partial charge in [0.25, 0.3) is 11.8 Å². The van der Waals surface area contributed by atoms with Gasteiger partial charge < -0.3 is 5.32 Å². The third kappa shape index (κ3) is 2.74. The Morgan fingerprint density at radius 1 is 1.32 bits per heavy atom. The van der Waals surface area contributed by atoms with Gasteiger partial charge in [-0.2, -0.15) is 0 Å². The van der Waals surface area contributed by atoms with Crippen LogP contribution in [0.3, 0.4) is 0 Å². The number of benzene rings is 1. The lowest BCUT2D eigenvalue weighted by atomic mass is 9.85. The summed E-state index contributed by atoms with van der Waals surface area (Å²) in [5, 5.41) is 2.90. The number of allylic oxidation sites excluding steroid dienone is 3. The van der Waals surface area contributed by atoms with Crippen molar-refractivity contribution < 1.29 is 14.0 Å². The molecule has 0 radical (unpaired) electrons. The van der Waals surface area contributed by atoms with Crippen molar-refractivity contribution >= 4 is 29.1 Å². The molecule has 126 valence electrons. The maximum Gasteiger partial charge on any atom is 0.282 e. The molecular weight excluding hydrogens is 343 g/mol. The van der Waals surface area contributed by atoms with Crippen LogP contribution in [0.25, 0.3) is 0 Å². The molecule has 1 aliphatic heterocycles. The highest BCUT2D eigenvalue weighted by Crippen LogP contribution is 2.39. The number of amides is 2. The van der Waals surface area contributed by atoms with E-state index in [1.165, 1.54) is 18.2 Å². The lowest BCUT2D eigenvalue weighted by molar-refractivity contribution is -0.117. The summed E-state index contributed by atoms with van der Waals surface area (Å²) >= 11 is 5.91. The van der Waals surface area contributed by atoms with E-state index in [0.29, 0.717) is 11.4 Å². The van der Waals surface area contributed by atoms with Crippen molar-refractivity contribution in [2.24, 2.45) is 10.9 Å². The highest BCUT2D eigenvalue weighted by Gasteiger charge is 2.34. The van der Waals surface area contributed by atoms with E-state index in [2.05, 4.69) is 10.3 Å². The van der Waals surface area contributed by atoms with Crippen LogP contribution in [0.5, 0.6) is 0 Å². The first-order chi connectivity index (χ1) is 12.0. The summed E-state index contributed by atoms with van der Waals surface area (Å²) in [6, 6.07) is 4.04. The van der Waals surface area contributed by atoms with Crippen molar-refractivity contribution in [1.29, 1.82) is 0 Å². The van der Waals surface area contributed by atoms with E-state index in [9.17, 15) is 14.0 Å². The molecule has 1 N–H and O–H groups in total. The number of halogens is 2. The Hall–Kier alpha value is -2.53. The smallest absolute Gasteiger partial charge is 0.282 e. The molecule has 0 aromatic heterocycles. The number of nitrogens with one attached hydrogen (secondary N) is 1. The van der Waals surface area contributed by atoms with Gasteiger partial charge in [-0.3, -0.25) is 9.59 Å². The van der Waals surface area contributed by atoms with E-state index < -0.39 is 11.7 Å². The SMILES string of the molecule is O=C1NC2=CC(=NC(=O)c3c(F)cccc3Cl)C=CC2C2=C1CCC2. The third-order valence-electron chi connectivity index (χ3n) is 4.67. The first-order valence-corrected chi connectivity index (χ1v) is 8.42. The Balaban J connectivity index is 1.66. The molecule has 3 aliphatic rings. The van der Waals surface area contributed by atoms with Crippen molar-refractivity contribution in [3.63, 3.8) is 0 Å². The number of rotatable bonds is 1. The van der Waals surface area contributed by atoms with Gasteiger partial charge in [-0.25, -0.2) is 9.38 Å². The van der Waals surface area contributed by atoms with Crippen molar-refractivity contribution in [2.75, 3.05) is 0 Å². The molecule has 0 spiro atoms. The number of carbonyl (C=O) groups is 2. The van der Waals surface area contributed by atoms with Crippen LogP contribution < -0.4 is 5.32 Å². The Morgan fingerprint density at radius 2 is 2.16 bits per heavy atom. The molecule has 1 heterocycles. The van der Waals surface area contributed by atoms with Crippen LogP contribution in [0.15, 0.2) is 58.3 Å². The molecule has 25 heavy (non-hydrogen) atoms. The molecule has 2 amide bonds. The molecule has 1 aromatic carbocycles. The number of carbonyl (C=O) groups excluding carboxylic acids is 2. The highest BCUT2D eigenvalue weighted by atomic mass is 35.5. The maximum atomic E-state index is 13.9. The first-order valence-electron chi connectivity index (χ1n) is 8.04. The lowest BCUT2D eigenvalue weighted by Crippen LogP contribution is -2.35. The maximum absolute atomic E-state index is 13.9. The van der Waals surface area contributed by atoms with E-state index in [1.54, 1.807) is 12.2 Å². The molecule has 1 atom stereocenters. The minimum absolute atomic E-state index is 0.0198. The van der Waals surface area contributed by atoms with Gasteiger partial charge in [-0.05, 0) is 49.1 Å². The van der Waals surface area contributed by atoms with Crippen LogP contribution in [-0.4, -0.2) is 17.5 Å². The standard InChI is InChI=1S/C19H14ClFN2O2/c20-14-5-2-6-15(21)17(14)19(25)22-10-7-8-12-11-3-1-4-13(11)18(24)23-16(12)9-10/h2,5-9,12H,1,3-4H2,(H,23,24). The monoisotopic (exact) mass is 356 g/mol. The number of aliphatic imine (C=N–C) groups is 1. The predicted molar refractivity (Wildman–Crippen MR) is 92.9 cm³/mol. The second kappa shape index (κ2) is 6.08. The van der Waals surface area contributed by atoms with Crippen LogP contribution in [0.1, 0.15) is 29.6 Å². The van der Waals surface area contributed by atoms with Gasteiger partial charge in [0.1, 0.15) is 5.82 Å². The second-order valence-corrected chi connectivity index (χ2v) is 6.59. The fourth-order valence-corrected chi connectivity index (χ4v) is 3.78. The quantitative estimate of drug-likeness (QED) is 0.833. The molecule has 4 nitrogen and oxygen atoms in total. The summed E-state index contributed by atoms with van der Waals surface area (Å²) in [7, 11) is 0. The van der Waals surface area contributed by atoms with Crippen molar-refractivity contribution in [3.8, 4) is 0 Å². The van der Waals surface area contributed by atoms with Gasteiger partial charge in [0.2, 0.25) is 0 Å². The highest BCUT2D eigenvalue weighted by molar-refractivity contribution is 6.34. The zero-order chi connectivity index (χ0) is 17.6. The van der Waals surface area contributed by atoms with E-state index >= 15 is 0 Å². The fourth-order valence-electron chi connectivity index (χ4n) is 3.53. The van der Waals surface area contributed by atoms with Gasteiger partial charge >= 0.3 is 0 Å². The Bertz CT molecular complexity index is 907. The van der Waals surface area contributed by atoms with Crippen LogP contribution in [-0.2, 0) is 4.79 Å². The first kappa shape index (κ1) is 16.0. The van der Waals surface area contributed by atoms with Gasteiger partial charge in [-0.1, -0.05) is 23.7 Å². The van der Waals surface area contributed by atoms with Gasteiger partial charge in [-0.15, -0.1) is 0 Å². The largest absolute Gasteiger partial charge is 0.325 e. The number of hydrogen-bond acceptors (Lipinski definition) is 2. The average molecular weight is 357 g/mol. The minimum atomic E-state index is -0.749.